The smallest absolute Gasteiger partial charge is 0.307 e. The van der Waals surface area contributed by atoms with E-state index in [1.807, 2.05) is 61.5 Å². The van der Waals surface area contributed by atoms with Gasteiger partial charge in [0.05, 0.1) is 10.2 Å². The first kappa shape index (κ1) is 18.2. The van der Waals surface area contributed by atoms with Crippen molar-refractivity contribution in [3.8, 4) is 10.6 Å². The Bertz CT molecular complexity index is 1120. The van der Waals surface area contributed by atoms with Crippen molar-refractivity contribution in [2.75, 3.05) is 10.6 Å². The molecule has 3 aromatic carbocycles. The van der Waals surface area contributed by atoms with Gasteiger partial charge in [-0.15, -0.1) is 11.3 Å². The van der Waals surface area contributed by atoms with Crippen LogP contribution in [0.2, 0.25) is 0 Å². The molecule has 1 aromatic heterocycles. The van der Waals surface area contributed by atoms with Gasteiger partial charge in [-0.05, 0) is 60.9 Å². The number of fused-ring (bicyclic) bond motifs is 1. The molecule has 140 valence electrons. The normalized spacial score (nSPS) is 10.8. The van der Waals surface area contributed by atoms with Crippen LogP contribution < -0.4 is 10.6 Å². The van der Waals surface area contributed by atoms with Gasteiger partial charge >= 0.3 is 6.03 Å². The lowest BCUT2D eigenvalue weighted by Gasteiger charge is -2.13. The number of carbonyl (C=O) groups excluding carboxylic acids is 1. The molecule has 4 aromatic rings. The topological polar surface area (TPSA) is 54.0 Å². The van der Waals surface area contributed by atoms with Crippen LogP contribution in [0.15, 0.2) is 66.7 Å². The zero-order valence-corrected chi connectivity index (χ0v) is 16.6. The Balaban J connectivity index is 1.52. The van der Waals surface area contributed by atoms with Crippen molar-refractivity contribution in [3.05, 3.63) is 77.9 Å². The first-order chi connectivity index (χ1) is 13.6. The van der Waals surface area contributed by atoms with Crippen LogP contribution in [0.1, 0.15) is 18.1 Å². The molecular formula is C23H21N3OS. The van der Waals surface area contributed by atoms with Crippen LogP contribution in [0.5, 0.6) is 0 Å². The van der Waals surface area contributed by atoms with Gasteiger partial charge in [-0.2, -0.15) is 0 Å². The monoisotopic (exact) mass is 387 g/mol. The number of benzene rings is 3. The van der Waals surface area contributed by atoms with Crippen LogP contribution in [-0.2, 0) is 6.42 Å². The molecule has 0 unspecified atom stereocenters. The third kappa shape index (κ3) is 3.75. The molecule has 2 N–H and O–H groups in total. The van der Waals surface area contributed by atoms with Gasteiger partial charge in [0.2, 0.25) is 0 Å². The predicted molar refractivity (Wildman–Crippen MR) is 118 cm³/mol. The molecule has 0 radical (unpaired) electrons. The molecule has 0 fully saturated rings. The Labute approximate surface area is 168 Å². The number of rotatable bonds is 4. The fraction of sp³-hybridized carbons (Fsp3) is 0.130. The van der Waals surface area contributed by atoms with Crippen molar-refractivity contribution in [1.82, 2.24) is 4.98 Å². The number of thiazole rings is 1. The summed E-state index contributed by atoms with van der Waals surface area (Å²) in [6.07, 6.45) is 0.867. The van der Waals surface area contributed by atoms with Crippen LogP contribution >= 0.6 is 11.3 Å². The molecule has 0 atom stereocenters. The van der Waals surface area contributed by atoms with Gasteiger partial charge in [0, 0.05) is 16.9 Å². The second kappa shape index (κ2) is 7.82. The van der Waals surface area contributed by atoms with Crippen molar-refractivity contribution in [2.45, 2.75) is 20.3 Å². The lowest BCUT2D eigenvalue weighted by molar-refractivity contribution is 0.262. The van der Waals surface area contributed by atoms with E-state index in [4.69, 9.17) is 4.98 Å². The number of carbonyl (C=O) groups is 1. The number of hydrogen-bond acceptors (Lipinski definition) is 3. The molecule has 0 spiro atoms. The number of nitrogens with one attached hydrogen (secondary N) is 2. The Morgan fingerprint density at radius 1 is 0.964 bits per heavy atom. The van der Waals surface area contributed by atoms with Gasteiger partial charge in [-0.1, -0.05) is 37.3 Å². The van der Waals surface area contributed by atoms with Gasteiger partial charge in [-0.3, -0.25) is 0 Å². The molecule has 0 saturated heterocycles. The van der Waals surface area contributed by atoms with Crippen molar-refractivity contribution < 1.29 is 4.79 Å². The number of nitrogens with zero attached hydrogens (tertiary/aromatic N) is 1. The highest BCUT2D eigenvalue weighted by Gasteiger charge is 2.10. The summed E-state index contributed by atoms with van der Waals surface area (Å²) in [7, 11) is 0. The maximum absolute atomic E-state index is 12.4. The minimum Gasteiger partial charge on any atom is -0.307 e. The highest BCUT2D eigenvalue weighted by atomic mass is 32.1. The van der Waals surface area contributed by atoms with E-state index in [0.29, 0.717) is 0 Å². The van der Waals surface area contributed by atoms with Gasteiger partial charge in [0.25, 0.3) is 0 Å². The molecule has 4 nitrogen and oxygen atoms in total. The summed E-state index contributed by atoms with van der Waals surface area (Å²) in [4.78, 5) is 17.2. The van der Waals surface area contributed by atoms with Crippen LogP contribution in [-0.4, -0.2) is 11.0 Å². The highest BCUT2D eigenvalue weighted by molar-refractivity contribution is 7.21. The molecule has 28 heavy (non-hydrogen) atoms. The van der Waals surface area contributed by atoms with E-state index in [1.54, 1.807) is 11.3 Å². The third-order valence-corrected chi connectivity index (χ3v) is 5.75. The summed E-state index contributed by atoms with van der Waals surface area (Å²) < 4.78 is 1.17. The lowest BCUT2D eigenvalue weighted by atomic mass is 10.1. The van der Waals surface area contributed by atoms with Crippen molar-refractivity contribution in [1.29, 1.82) is 0 Å². The van der Waals surface area contributed by atoms with Crippen LogP contribution in [0, 0.1) is 6.92 Å². The Morgan fingerprint density at radius 3 is 2.50 bits per heavy atom. The van der Waals surface area contributed by atoms with Crippen molar-refractivity contribution in [3.63, 3.8) is 0 Å². The van der Waals surface area contributed by atoms with Crippen molar-refractivity contribution >= 4 is 39.0 Å². The SMILES string of the molecule is CCc1ccccc1NC(=O)Nc1ccc(-c2nc3ccccc3s2)cc1C. The zero-order chi connectivity index (χ0) is 19.5. The average Bonchev–Trinajstić information content (AvgIpc) is 3.14. The largest absolute Gasteiger partial charge is 0.323 e. The summed E-state index contributed by atoms with van der Waals surface area (Å²) in [5.41, 5.74) is 5.80. The molecule has 0 aliphatic rings. The first-order valence-electron chi connectivity index (χ1n) is 9.26. The summed E-state index contributed by atoms with van der Waals surface area (Å²) in [6, 6.07) is 21.7. The van der Waals surface area contributed by atoms with E-state index in [2.05, 4.69) is 29.7 Å². The third-order valence-electron chi connectivity index (χ3n) is 4.66. The number of amides is 2. The van der Waals surface area contributed by atoms with E-state index in [1.165, 1.54) is 4.70 Å². The lowest BCUT2D eigenvalue weighted by Crippen LogP contribution is -2.20. The van der Waals surface area contributed by atoms with E-state index in [9.17, 15) is 4.79 Å². The summed E-state index contributed by atoms with van der Waals surface area (Å²) in [5, 5.41) is 6.87. The second-order valence-electron chi connectivity index (χ2n) is 6.61. The van der Waals surface area contributed by atoms with Crippen LogP contribution in [0.4, 0.5) is 16.2 Å². The Hall–Kier alpha value is -3.18. The zero-order valence-electron chi connectivity index (χ0n) is 15.8. The number of anilines is 2. The molecule has 0 aliphatic heterocycles. The van der Waals surface area contributed by atoms with Gasteiger partial charge < -0.3 is 10.6 Å². The number of urea groups is 1. The second-order valence-corrected chi connectivity index (χ2v) is 7.64. The number of aryl methyl sites for hydroxylation is 2. The average molecular weight is 388 g/mol. The molecule has 5 heteroatoms. The Kier molecular flexibility index (Phi) is 5.08. The molecule has 0 saturated carbocycles. The number of para-hydroxylation sites is 2. The molecular weight excluding hydrogens is 366 g/mol. The van der Waals surface area contributed by atoms with E-state index >= 15 is 0 Å². The maximum atomic E-state index is 12.4. The number of aromatic nitrogens is 1. The minimum absolute atomic E-state index is 0.239. The quantitative estimate of drug-likeness (QED) is 0.421. The van der Waals surface area contributed by atoms with E-state index < -0.39 is 0 Å². The predicted octanol–water partition coefficient (Wildman–Crippen LogP) is 6.48. The Morgan fingerprint density at radius 2 is 1.71 bits per heavy atom. The maximum Gasteiger partial charge on any atom is 0.323 e. The molecule has 2 amide bonds. The first-order valence-corrected chi connectivity index (χ1v) is 10.1. The van der Waals surface area contributed by atoms with Gasteiger partial charge in [0.15, 0.2) is 0 Å². The molecule has 0 aliphatic carbocycles. The van der Waals surface area contributed by atoms with E-state index in [0.717, 1.165) is 45.0 Å². The molecule has 0 bridgehead atoms. The minimum atomic E-state index is -0.239. The summed E-state index contributed by atoms with van der Waals surface area (Å²) in [5.74, 6) is 0. The van der Waals surface area contributed by atoms with Crippen LogP contribution in [0.25, 0.3) is 20.8 Å². The molecule has 4 rings (SSSR count). The highest BCUT2D eigenvalue weighted by Crippen LogP contribution is 2.32. The molecule has 1 heterocycles. The fourth-order valence-electron chi connectivity index (χ4n) is 3.16. The van der Waals surface area contributed by atoms with Crippen molar-refractivity contribution in [2.24, 2.45) is 0 Å². The number of hydrogen-bond donors (Lipinski definition) is 2. The van der Waals surface area contributed by atoms with Gasteiger partial charge in [-0.25, -0.2) is 9.78 Å². The summed E-state index contributed by atoms with van der Waals surface area (Å²) >= 11 is 1.67. The van der Waals surface area contributed by atoms with E-state index in [-0.39, 0.29) is 6.03 Å². The fourth-order valence-corrected chi connectivity index (χ4v) is 4.12. The standard InChI is InChI=1S/C23H21N3OS/c1-3-16-8-4-5-9-19(16)26-23(27)25-18-13-12-17(14-15(18)2)22-24-20-10-6-7-11-21(20)28-22/h4-14H,3H2,1-2H3,(H2,25,26,27). The van der Waals surface area contributed by atoms with Gasteiger partial charge in [0.1, 0.15) is 5.01 Å². The summed E-state index contributed by atoms with van der Waals surface area (Å²) in [6.45, 7) is 4.07. The van der Waals surface area contributed by atoms with Crippen LogP contribution in [0.3, 0.4) is 0 Å².